The Morgan fingerprint density at radius 2 is 1.57 bits per heavy atom. The molecule has 0 amide bonds. The smallest absolute Gasteiger partial charge is 0.491 e. The predicted octanol–water partition coefficient (Wildman–Crippen LogP) is 2.68. The molecule has 1 saturated heterocycles. The summed E-state index contributed by atoms with van der Waals surface area (Å²) in [5.41, 5.74) is 6.80. The maximum Gasteiger partial charge on any atom is 0.491 e. The fourth-order valence-electron chi connectivity index (χ4n) is 2.43. The van der Waals surface area contributed by atoms with Crippen LogP contribution in [0.15, 0.2) is 23.7 Å². The van der Waals surface area contributed by atoms with Crippen LogP contribution in [-0.4, -0.2) is 39.1 Å². The number of hydrogen-bond donors (Lipinski definition) is 1. The van der Waals surface area contributed by atoms with Crippen LogP contribution in [0.2, 0.25) is 0 Å². The first kappa shape index (κ1) is 17.9. The van der Waals surface area contributed by atoms with Gasteiger partial charge in [-0.1, -0.05) is 12.1 Å². The molecule has 0 spiro atoms. The molecule has 1 aromatic rings. The molecule has 0 unspecified atom stereocenters. The molecule has 126 valence electrons. The number of ether oxygens (including phenoxy) is 2. The average molecular weight is 319 g/mol. The van der Waals surface area contributed by atoms with E-state index in [0.717, 1.165) is 11.0 Å². The van der Waals surface area contributed by atoms with Gasteiger partial charge in [-0.15, -0.1) is 0 Å². The standard InChI is InChI=1S/C17H26BNO4/c1-16(2)17(3,4)23-18(22-16)12(11-19)10-13-14(20-5)8-7-9-15(13)21-6/h7-10H,11,19H2,1-6H3. The van der Waals surface area contributed by atoms with E-state index in [4.69, 9.17) is 24.5 Å². The maximum atomic E-state index is 6.08. The van der Waals surface area contributed by atoms with Crippen LogP contribution < -0.4 is 15.2 Å². The van der Waals surface area contributed by atoms with Gasteiger partial charge < -0.3 is 24.5 Å². The van der Waals surface area contributed by atoms with E-state index < -0.39 is 18.3 Å². The molecule has 6 heteroatoms. The molecule has 1 fully saturated rings. The highest BCUT2D eigenvalue weighted by Gasteiger charge is 2.52. The molecule has 0 saturated carbocycles. The molecule has 1 aromatic carbocycles. The van der Waals surface area contributed by atoms with Gasteiger partial charge in [0.2, 0.25) is 0 Å². The molecule has 0 atom stereocenters. The minimum absolute atomic E-state index is 0.317. The first-order chi connectivity index (χ1) is 10.8. The van der Waals surface area contributed by atoms with Crippen molar-refractivity contribution < 1.29 is 18.8 Å². The Bertz CT molecular complexity index is 560. The Morgan fingerprint density at radius 3 is 1.96 bits per heavy atom. The molecule has 0 aliphatic carbocycles. The van der Waals surface area contributed by atoms with Crippen molar-refractivity contribution in [2.75, 3.05) is 20.8 Å². The average Bonchev–Trinajstić information content (AvgIpc) is 2.72. The van der Waals surface area contributed by atoms with Crippen LogP contribution in [0.25, 0.3) is 6.08 Å². The minimum Gasteiger partial charge on any atom is -0.496 e. The van der Waals surface area contributed by atoms with E-state index in [2.05, 4.69) is 0 Å². The lowest BCUT2D eigenvalue weighted by atomic mass is 9.77. The quantitative estimate of drug-likeness (QED) is 0.846. The van der Waals surface area contributed by atoms with E-state index in [0.29, 0.717) is 18.0 Å². The molecule has 0 bridgehead atoms. The van der Waals surface area contributed by atoms with Crippen LogP contribution in [0.3, 0.4) is 0 Å². The Labute approximate surface area is 138 Å². The summed E-state index contributed by atoms with van der Waals surface area (Å²) in [7, 11) is 2.77. The third kappa shape index (κ3) is 3.39. The molecule has 1 heterocycles. The predicted molar refractivity (Wildman–Crippen MR) is 92.7 cm³/mol. The summed E-state index contributed by atoms with van der Waals surface area (Å²) in [6, 6.07) is 5.64. The van der Waals surface area contributed by atoms with Gasteiger partial charge in [0.1, 0.15) is 11.5 Å². The monoisotopic (exact) mass is 319 g/mol. The summed E-state index contributed by atoms with van der Waals surface area (Å²) in [5, 5.41) is 0. The zero-order valence-corrected chi connectivity index (χ0v) is 14.8. The highest BCUT2D eigenvalue weighted by Crippen LogP contribution is 2.39. The maximum absolute atomic E-state index is 6.08. The van der Waals surface area contributed by atoms with Gasteiger partial charge in [-0.2, -0.15) is 0 Å². The van der Waals surface area contributed by atoms with Crippen LogP contribution in [0.4, 0.5) is 0 Å². The van der Waals surface area contributed by atoms with E-state index in [-0.39, 0.29) is 0 Å². The zero-order valence-electron chi connectivity index (χ0n) is 14.8. The van der Waals surface area contributed by atoms with Gasteiger partial charge >= 0.3 is 7.12 Å². The first-order valence-corrected chi connectivity index (χ1v) is 7.73. The molecule has 5 nitrogen and oxygen atoms in total. The first-order valence-electron chi connectivity index (χ1n) is 7.73. The second-order valence-electron chi connectivity index (χ2n) is 6.59. The van der Waals surface area contributed by atoms with Crippen LogP contribution in [-0.2, 0) is 9.31 Å². The van der Waals surface area contributed by atoms with Gasteiger partial charge in [-0.3, -0.25) is 0 Å². The van der Waals surface area contributed by atoms with E-state index in [9.17, 15) is 0 Å². The molecule has 1 aliphatic rings. The molecule has 23 heavy (non-hydrogen) atoms. The second-order valence-corrected chi connectivity index (χ2v) is 6.59. The Morgan fingerprint density at radius 1 is 1.09 bits per heavy atom. The largest absolute Gasteiger partial charge is 0.496 e. The van der Waals surface area contributed by atoms with Gasteiger partial charge in [0.05, 0.1) is 31.0 Å². The van der Waals surface area contributed by atoms with Crippen molar-refractivity contribution in [1.82, 2.24) is 0 Å². The number of benzene rings is 1. The molecule has 2 rings (SSSR count). The minimum atomic E-state index is -0.486. The summed E-state index contributed by atoms with van der Waals surface area (Å²) in [6.45, 7) is 8.39. The lowest BCUT2D eigenvalue weighted by Crippen LogP contribution is -2.41. The summed E-state index contributed by atoms with van der Waals surface area (Å²) in [4.78, 5) is 0. The molecular formula is C17H26BNO4. The molecule has 0 radical (unpaired) electrons. The molecular weight excluding hydrogens is 293 g/mol. The van der Waals surface area contributed by atoms with Gasteiger partial charge in [0.25, 0.3) is 0 Å². The van der Waals surface area contributed by atoms with Crippen molar-refractivity contribution >= 4 is 13.2 Å². The Kier molecular flexibility index (Phi) is 5.09. The van der Waals surface area contributed by atoms with E-state index >= 15 is 0 Å². The Balaban J connectivity index is 2.41. The van der Waals surface area contributed by atoms with Gasteiger partial charge in [0, 0.05) is 6.54 Å². The van der Waals surface area contributed by atoms with Gasteiger partial charge in [0.15, 0.2) is 0 Å². The number of rotatable bonds is 5. The topological polar surface area (TPSA) is 62.9 Å². The molecule has 0 aromatic heterocycles. The van der Waals surface area contributed by atoms with Crippen molar-refractivity contribution in [3.8, 4) is 11.5 Å². The highest BCUT2D eigenvalue weighted by atomic mass is 16.7. The normalized spacial score (nSPS) is 19.8. The van der Waals surface area contributed by atoms with E-state index in [1.54, 1.807) is 14.2 Å². The fourth-order valence-corrected chi connectivity index (χ4v) is 2.43. The van der Waals surface area contributed by atoms with Crippen molar-refractivity contribution in [2.24, 2.45) is 5.73 Å². The van der Waals surface area contributed by atoms with Crippen molar-refractivity contribution in [3.63, 3.8) is 0 Å². The number of methoxy groups -OCH3 is 2. The second kappa shape index (κ2) is 6.55. The van der Waals surface area contributed by atoms with Crippen molar-refractivity contribution in [2.45, 2.75) is 38.9 Å². The van der Waals surface area contributed by atoms with E-state index in [1.807, 2.05) is 52.0 Å². The summed E-state index contributed by atoms with van der Waals surface area (Å²) >= 11 is 0. The number of hydrogen-bond acceptors (Lipinski definition) is 5. The summed E-state index contributed by atoms with van der Waals surface area (Å²) in [6.07, 6.45) is 1.93. The van der Waals surface area contributed by atoms with Crippen molar-refractivity contribution in [1.29, 1.82) is 0 Å². The van der Waals surface area contributed by atoms with Crippen LogP contribution >= 0.6 is 0 Å². The van der Waals surface area contributed by atoms with Gasteiger partial charge in [-0.05, 0) is 45.3 Å². The molecule has 2 N–H and O–H groups in total. The van der Waals surface area contributed by atoms with E-state index in [1.165, 1.54) is 0 Å². The SMILES string of the molecule is COc1cccc(OC)c1C=C(CN)B1OC(C)(C)C(C)(C)O1. The number of nitrogens with two attached hydrogens (primary N) is 1. The zero-order chi connectivity index (χ0) is 17.3. The van der Waals surface area contributed by atoms with Crippen molar-refractivity contribution in [3.05, 3.63) is 29.2 Å². The molecule has 1 aliphatic heterocycles. The third-order valence-electron chi connectivity index (χ3n) is 4.59. The fraction of sp³-hybridized carbons (Fsp3) is 0.529. The lowest BCUT2D eigenvalue weighted by Gasteiger charge is -2.32. The van der Waals surface area contributed by atoms with Crippen LogP contribution in [0, 0.1) is 0 Å². The summed E-state index contributed by atoms with van der Waals surface area (Å²) < 4.78 is 23.0. The van der Waals surface area contributed by atoms with Crippen LogP contribution in [0.1, 0.15) is 33.3 Å². The third-order valence-corrected chi connectivity index (χ3v) is 4.59. The summed E-state index contributed by atoms with van der Waals surface area (Å²) in [5.74, 6) is 1.43. The van der Waals surface area contributed by atoms with Crippen LogP contribution in [0.5, 0.6) is 11.5 Å². The highest BCUT2D eigenvalue weighted by molar-refractivity contribution is 6.56. The lowest BCUT2D eigenvalue weighted by molar-refractivity contribution is 0.00578. The Hall–Kier alpha value is -1.50. The van der Waals surface area contributed by atoms with Gasteiger partial charge in [-0.25, -0.2) is 0 Å².